The molecule has 4 heterocycles. The van der Waals surface area contributed by atoms with Crippen LogP contribution in [0.25, 0.3) is 0 Å². The summed E-state index contributed by atoms with van der Waals surface area (Å²) in [5, 5.41) is 146. The van der Waals surface area contributed by atoms with Crippen molar-refractivity contribution in [1.29, 1.82) is 0 Å². The molecule has 0 spiro atoms. The topological polar surface area (TPSA) is 453 Å². The molecule has 4 saturated heterocycles. The molecule has 4 rings (SSSR count). The van der Waals surface area contributed by atoms with Crippen molar-refractivity contribution in [3.63, 3.8) is 0 Å². The second-order valence-electron chi connectivity index (χ2n) is 17.6. The molecule has 0 aliphatic carbocycles. The van der Waals surface area contributed by atoms with Gasteiger partial charge in [-0.15, -0.1) is 0 Å². The second-order valence-corrected chi connectivity index (χ2v) is 17.6. The molecule has 17 N–H and O–H groups in total. The van der Waals surface area contributed by atoms with Crippen molar-refractivity contribution in [3.8, 4) is 0 Å². The summed E-state index contributed by atoms with van der Waals surface area (Å²) in [5.74, 6) is -4.14. The van der Waals surface area contributed by atoms with Gasteiger partial charge in [0.25, 0.3) is 0 Å². The molecule has 70 heavy (non-hydrogen) atoms. The van der Waals surface area contributed by atoms with Crippen LogP contribution in [0.3, 0.4) is 0 Å². The van der Waals surface area contributed by atoms with E-state index < -0.39 is 210 Å². The van der Waals surface area contributed by atoms with Crippen LogP contribution in [-0.2, 0) is 57.1 Å². The normalized spacial score (nSPS) is 39.7. The van der Waals surface area contributed by atoms with Crippen molar-refractivity contribution < 1.29 is 123 Å². The van der Waals surface area contributed by atoms with Gasteiger partial charge in [0.05, 0.1) is 48.6 Å². The highest BCUT2D eigenvalue weighted by atomic mass is 16.8. The molecule has 29 nitrogen and oxygen atoms in total. The summed E-state index contributed by atoms with van der Waals surface area (Å²) >= 11 is 0. The molecule has 0 aromatic carbocycles. The molecule has 4 fully saturated rings. The maximum absolute atomic E-state index is 13.1. The van der Waals surface area contributed by atoms with Gasteiger partial charge < -0.3 is 126 Å². The lowest BCUT2D eigenvalue weighted by molar-refractivity contribution is -0.387. The molecule has 4 amide bonds. The van der Waals surface area contributed by atoms with E-state index in [0.717, 1.165) is 0 Å². The maximum atomic E-state index is 13.1. The van der Waals surface area contributed by atoms with Gasteiger partial charge in [0.15, 0.2) is 25.2 Å². The molecule has 0 bridgehead atoms. The number of rotatable bonds is 23. The molecule has 4 aliphatic heterocycles. The van der Waals surface area contributed by atoms with Crippen LogP contribution in [0.5, 0.6) is 0 Å². The first-order valence-corrected chi connectivity index (χ1v) is 22.9. The summed E-state index contributed by atoms with van der Waals surface area (Å²) in [5.41, 5.74) is 0. The fourth-order valence-corrected chi connectivity index (χ4v) is 8.36. The molecule has 0 aromatic rings. The smallest absolute Gasteiger partial charge is 0.249 e. The largest absolute Gasteiger partial charge is 0.396 e. The van der Waals surface area contributed by atoms with Crippen LogP contribution in [-0.4, -0.2) is 271 Å². The van der Waals surface area contributed by atoms with Gasteiger partial charge in [-0.05, 0) is 27.7 Å². The van der Waals surface area contributed by atoms with Crippen molar-refractivity contribution in [2.24, 2.45) is 0 Å². The minimum atomic E-state index is -2.06. The SMILES string of the molecule is CO[C@H]1O[C@H](C)[C@@H](NC(=O)C(O)CCO)[C@H](O)[C@@H]1O[C@H]1O[C@H](C)[C@@H](NC(=O)C(O)CCO)[C@H](O)[C@@H]1O[C@H]1O[C@H](C)[C@@H](NC(=O)C(O)CCO)[C@H](O)[C@@H]1O[C@H]1O[C@H](C)[C@@H](NC(=O)C(O)CCO)[C@H](O)[C@@H]1O. The van der Waals surface area contributed by atoms with Gasteiger partial charge in [-0.2, -0.15) is 0 Å². The number of aliphatic hydroxyl groups excluding tert-OH is 13. The fourth-order valence-electron chi connectivity index (χ4n) is 8.36. The highest BCUT2D eigenvalue weighted by Gasteiger charge is 2.56. The number of carbonyl (C=O) groups excluding carboxylic acids is 4. The van der Waals surface area contributed by atoms with Crippen LogP contribution in [0.15, 0.2) is 0 Å². The molecule has 4 unspecified atom stereocenters. The average Bonchev–Trinajstić information content (AvgIpc) is 3.31. The summed E-state index contributed by atoms with van der Waals surface area (Å²) in [6.45, 7) is 3.24. The quantitative estimate of drug-likeness (QED) is 0.0452. The van der Waals surface area contributed by atoms with Gasteiger partial charge >= 0.3 is 0 Å². The van der Waals surface area contributed by atoms with E-state index in [2.05, 4.69) is 21.3 Å². The maximum Gasteiger partial charge on any atom is 0.249 e. The van der Waals surface area contributed by atoms with Crippen molar-refractivity contribution in [3.05, 3.63) is 0 Å². The lowest BCUT2D eigenvalue weighted by Crippen LogP contribution is -2.71. The highest BCUT2D eigenvalue weighted by Crippen LogP contribution is 2.35. The monoisotopic (exact) mass is 1020 g/mol. The molecule has 0 radical (unpaired) electrons. The van der Waals surface area contributed by atoms with Crippen molar-refractivity contribution in [1.82, 2.24) is 21.3 Å². The number of methoxy groups -OCH3 is 1. The molecule has 4 aliphatic rings. The van der Waals surface area contributed by atoms with Crippen LogP contribution in [0, 0.1) is 0 Å². The Balaban J connectivity index is 1.74. The molecule has 29 heteroatoms. The van der Waals surface area contributed by atoms with Gasteiger partial charge in [-0.3, -0.25) is 19.2 Å². The fraction of sp³-hybridized carbons (Fsp3) is 0.902. The van der Waals surface area contributed by atoms with E-state index in [1.807, 2.05) is 0 Å². The van der Waals surface area contributed by atoms with Crippen LogP contribution in [0.1, 0.15) is 53.4 Å². The first-order chi connectivity index (χ1) is 33.0. The zero-order chi connectivity index (χ0) is 52.3. The standard InChI is InChI=1S/C41H72N4O25/c1-14-22(42-34(59)18(50)6-10-46)26(54)30(58)38(64-14)68-32-28(56)24(44-36(61)20(52)8-12-48)16(3)66-40(32)70-33-29(57)25(45-37(62)21(53)9-13-49)17(4)67-41(33)69-31-27(55)23(15(2)65-39(31)63-5)43-35(60)19(51)7-11-47/h14-33,38-41,46-58H,6-13H2,1-5H3,(H,42,59)(H,43,60)(H,44,61)(H,45,62)/t14-,15-,16-,17-,18?,19?,20?,21?,22-,23-,24-,25-,26+,27+,28+,29+,30+,31+,32+,33+,38-,39+,40-,41-/m1/s1. The van der Waals surface area contributed by atoms with Gasteiger partial charge in [0.1, 0.15) is 73.2 Å². The zero-order valence-electron chi connectivity index (χ0n) is 39.2. The molecule has 0 saturated carbocycles. The number of amides is 4. The summed E-state index contributed by atoms with van der Waals surface area (Å²) in [6, 6.07) is -5.68. The third-order valence-electron chi connectivity index (χ3n) is 12.5. The molecule has 24 atom stereocenters. The second kappa shape index (κ2) is 27.4. The van der Waals surface area contributed by atoms with Gasteiger partial charge in [0.2, 0.25) is 23.6 Å². The molecular weight excluding hydrogens is 948 g/mol. The van der Waals surface area contributed by atoms with E-state index in [1.54, 1.807) is 0 Å². The van der Waals surface area contributed by atoms with Crippen LogP contribution in [0.4, 0.5) is 0 Å². The summed E-state index contributed by atoms with van der Waals surface area (Å²) in [6.07, 6.45) is -35.6. The first kappa shape index (κ1) is 59.6. The molecular formula is C41H72N4O25. The van der Waals surface area contributed by atoms with Crippen LogP contribution < -0.4 is 21.3 Å². The Morgan fingerprint density at radius 2 is 0.657 bits per heavy atom. The van der Waals surface area contributed by atoms with E-state index in [-0.39, 0.29) is 12.8 Å². The van der Waals surface area contributed by atoms with Gasteiger partial charge in [0, 0.05) is 59.2 Å². The van der Waals surface area contributed by atoms with E-state index in [4.69, 9.17) is 43.0 Å². The summed E-state index contributed by atoms with van der Waals surface area (Å²) < 4.78 is 48.1. The molecule has 0 aromatic heterocycles. The Morgan fingerprint density at radius 1 is 0.414 bits per heavy atom. The lowest BCUT2D eigenvalue weighted by atomic mass is 9.93. The predicted octanol–water partition coefficient (Wildman–Crippen LogP) is -9.52. The lowest BCUT2D eigenvalue weighted by Gasteiger charge is -2.51. The third kappa shape index (κ3) is 14.6. The number of carbonyl (C=O) groups is 4. The average molecular weight is 1020 g/mol. The van der Waals surface area contributed by atoms with Crippen LogP contribution in [0.2, 0.25) is 0 Å². The first-order valence-electron chi connectivity index (χ1n) is 22.9. The van der Waals surface area contributed by atoms with E-state index in [1.165, 1.54) is 34.8 Å². The Bertz CT molecular complexity index is 1660. The Kier molecular flexibility index (Phi) is 23.3. The highest BCUT2D eigenvalue weighted by molar-refractivity contribution is 5.82. The zero-order valence-corrected chi connectivity index (χ0v) is 39.2. The minimum Gasteiger partial charge on any atom is -0.396 e. The van der Waals surface area contributed by atoms with E-state index in [0.29, 0.717) is 0 Å². The van der Waals surface area contributed by atoms with Crippen LogP contribution >= 0.6 is 0 Å². The van der Waals surface area contributed by atoms with Crippen molar-refractivity contribution in [2.45, 2.75) is 200 Å². The summed E-state index contributed by atoms with van der Waals surface area (Å²) in [7, 11) is 1.19. The number of aliphatic hydroxyl groups is 13. The Labute approximate surface area is 401 Å². The number of hydrogen-bond donors (Lipinski definition) is 17. The number of nitrogens with one attached hydrogen (secondary N) is 4. The Hall–Kier alpha value is -2.96. The predicted molar refractivity (Wildman–Crippen MR) is 228 cm³/mol. The van der Waals surface area contributed by atoms with Crippen molar-refractivity contribution >= 4 is 23.6 Å². The van der Waals surface area contributed by atoms with E-state index in [9.17, 15) is 80.5 Å². The minimum absolute atomic E-state index is 0.342. The van der Waals surface area contributed by atoms with Gasteiger partial charge in [-0.1, -0.05) is 0 Å². The number of hydrogen-bond acceptors (Lipinski definition) is 25. The van der Waals surface area contributed by atoms with E-state index >= 15 is 0 Å². The van der Waals surface area contributed by atoms with Crippen molar-refractivity contribution in [2.75, 3.05) is 33.5 Å². The Morgan fingerprint density at radius 3 is 0.943 bits per heavy atom. The summed E-state index contributed by atoms with van der Waals surface area (Å²) in [4.78, 5) is 51.5. The number of ether oxygens (including phenoxy) is 8. The van der Waals surface area contributed by atoms with Gasteiger partial charge in [-0.25, -0.2) is 0 Å². The molecule has 406 valence electrons. The third-order valence-corrected chi connectivity index (χ3v) is 12.5.